The molecule has 226 valence electrons. The minimum atomic E-state index is -4.25. The van der Waals surface area contributed by atoms with Crippen LogP contribution in [0, 0.1) is 18.7 Å². The van der Waals surface area contributed by atoms with Crippen molar-refractivity contribution in [1.29, 1.82) is 0 Å². The van der Waals surface area contributed by atoms with E-state index >= 15 is 0 Å². The first-order valence-electron chi connectivity index (χ1n) is 13.6. The second-order valence-electron chi connectivity index (χ2n) is 10.4. The van der Waals surface area contributed by atoms with E-state index in [2.05, 4.69) is 5.32 Å². The number of methoxy groups -OCH3 is 1. The minimum Gasteiger partial charge on any atom is -0.495 e. The van der Waals surface area contributed by atoms with Gasteiger partial charge in [0.05, 0.1) is 22.7 Å². The normalized spacial score (nSPS) is 12.1. The van der Waals surface area contributed by atoms with Gasteiger partial charge in [-0.15, -0.1) is 0 Å². The largest absolute Gasteiger partial charge is 0.495 e. The summed E-state index contributed by atoms with van der Waals surface area (Å²) in [4.78, 5) is 28.7. The van der Waals surface area contributed by atoms with Crippen LogP contribution in [0.15, 0.2) is 71.6 Å². The molecule has 0 aliphatic heterocycles. The van der Waals surface area contributed by atoms with Gasteiger partial charge in [-0.05, 0) is 67.3 Å². The summed E-state index contributed by atoms with van der Waals surface area (Å²) in [7, 11) is -2.81. The summed E-state index contributed by atoms with van der Waals surface area (Å²) in [6.45, 7) is 7.28. The van der Waals surface area contributed by atoms with Crippen LogP contribution >= 0.6 is 11.6 Å². The van der Waals surface area contributed by atoms with Gasteiger partial charge in [0.25, 0.3) is 10.0 Å². The monoisotopic (exact) mass is 617 g/mol. The van der Waals surface area contributed by atoms with Gasteiger partial charge in [0.15, 0.2) is 0 Å². The van der Waals surface area contributed by atoms with Crippen LogP contribution in [0.25, 0.3) is 0 Å². The van der Waals surface area contributed by atoms with Gasteiger partial charge in [-0.2, -0.15) is 0 Å². The van der Waals surface area contributed by atoms with Gasteiger partial charge in [0, 0.05) is 13.1 Å². The van der Waals surface area contributed by atoms with E-state index < -0.39 is 34.3 Å². The Morgan fingerprint density at radius 3 is 2.21 bits per heavy atom. The Morgan fingerprint density at radius 1 is 1.02 bits per heavy atom. The van der Waals surface area contributed by atoms with Crippen molar-refractivity contribution in [3.63, 3.8) is 0 Å². The molecule has 0 saturated carbocycles. The number of nitrogens with zero attached hydrogens (tertiary/aromatic N) is 2. The molecule has 0 radical (unpaired) electrons. The Labute approximate surface area is 252 Å². The molecule has 0 spiro atoms. The first-order valence-corrected chi connectivity index (χ1v) is 15.4. The van der Waals surface area contributed by atoms with Crippen LogP contribution in [-0.4, -0.2) is 51.4 Å². The van der Waals surface area contributed by atoms with Crippen molar-refractivity contribution in [2.75, 3.05) is 24.5 Å². The first kappa shape index (κ1) is 32.9. The van der Waals surface area contributed by atoms with E-state index in [1.54, 1.807) is 19.1 Å². The minimum absolute atomic E-state index is 0.0142. The zero-order chi connectivity index (χ0) is 31.0. The van der Waals surface area contributed by atoms with Gasteiger partial charge in [0.2, 0.25) is 11.8 Å². The average molecular weight is 618 g/mol. The molecule has 8 nitrogen and oxygen atoms in total. The first-order chi connectivity index (χ1) is 19.9. The molecule has 2 amide bonds. The molecule has 0 saturated heterocycles. The Morgan fingerprint density at radius 2 is 1.67 bits per heavy atom. The number of hydrogen-bond donors (Lipinski definition) is 1. The zero-order valence-corrected chi connectivity index (χ0v) is 26.0. The maximum absolute atomic E-state index is 14.1. The molecule has 3 aromatic carbocycles. The van der Waals surface area contributed by atoms with Gasteiger partial charge in [-0.1, -0.05) is 62.2 Å². The van der Waals surface area contributed by atoms with Crippen LogP contribution in [0.2, 0.25) is 5.02 Å². The molecule has 3 rings (SSSR count). The molecule has 1 N–H and O–H groups in total. The zero-order valence-electron chi connectivity index (χ0n) is 24.4. The van der Waals surface area contributed by atoms with Gasteiger partial charge in [-0.25, -0.2) is 12.8 Å². The fourth-order valence-corrected chi connectivity index (χ4v) is 5.96. The third-order valence-corrected chi connectivity index (χ3v) is 8.73. The van der Waals surface area contributed by atoms with Crippen molar-refractivity contribution in [2.24, 2.45) is 5.92 Å². The number of benzene rings is 3. The number of nitrogens with one attached hydrogen (secondary N) is 1. The second-order valence-corrected chi connectivity index (χ2v) is 12.6. The summed E-state index contributed by atoms with van der Waals surface area (Å²) in [6, 6.07) is 15.4. The maximum atomic E-state index is 14.1. The number of rotatable bonds is 13. The van der Waals surface area contributed by atoms with E-state index in [9.17, 15) is 22.4 Å². The molecule has 0 unspecified atom stereocenters. The van der Waals surface area contributed by atoms with E-state index in [-0.39, 0.29) is 40.4 Å². The number of amides is 2. The van der Waals surface area contributed by atoms with E-state index in [4.69, 9.17) is 16.3 Å². The molecule has 0 aromatic heterocycles. The van der Waals surface area contributed by atoms with Crippen LogP contribution in [0.3, 0.4) is 0 Å². The Balaban J connectivity index is 2.08. The number of halogens is 2. The molecule has 0 aliphatic rings. The van der Waals surface area contributed by atoms with Crippen LogP contribution in [-0.2, 0) is 26.2 Å². The van der Waals surface area contributed by atoms with Gasteiger partial charge in [0.1, 0.15) is 24.2 Å². The standard InChI is InChI=1S/C31H37ClFN3O5S/c1-6-28(31(38)34-18-21(2)3)35(19-23-9-11-24(33)12-10-23)30(37)20-36(25-13-16-29(41-5)27(32)17-25)42(39,40)26-14-7-22(4)8-15-26/h7-17,21,28H,6,18-20H2,1-5H3,(H,34,38)/t28-/m1/s1. The third-order valence-electron chi connectivity index (χ3n) is 6.65. The molecule has 3 aromatic rings. The Bertz CT molecular complexity index is 1480. The van der Waals surface area contributed by atoms with Crippen LogP contribution in [0.5, 0.6) is 5.75 Å². The van der Waals surface area contributed by atoms with Gasteiger partial charge in [-0.3, -0.25) is 13.9 Å². The summed E-state index contributed by atoms with van der Waals surface area (Å²) in [5.74, 6) is -0.895. The number of anilines is 1. The fraction of sp³-hybridized carbons (Fsp3) is 0.355. The summed E-state index contributed by atoms with van der Waals surface area (Å²) >= 11 is 6.36. The summed E-state index contributed by atoms with van der Waals surface area (Å²) < 4.78 is 47.8. The van der Waals surface area contributed by atoms with Gasteiger partial charge >= 0.3 is 0 Å². The Kier molecular flexibility index (Phi) is 11.4. The number of ether oxygens (including phenoxy) is 1. The van der Waals surface area contributed by atoms with Gasteiger partial charge < -0.3 is 15.0 Å². The number of carbonyl (C=O) groups is 2. The van der Waals surface area contributed by atoms with Crippen molar-refractivity contribution in [2.45, 2.75) is 51.6 Å². The van der Waals surface area contributed by atoms with Crippen LogP contribution in [0.4, 0.5) is 10.1 Å². The highest BCUT2D eigenvalue weighted by Crippen LogP contribution is 2.32. The Hall–Kier alpha value is -3.63. The topological polar surface area (TPSA) is 96.0 Å². The quantitative estimate of drug-likeness (QED) is 0.271. The highest BCUT2D eigenvalue weighted by Gasteiger charge is 2.34. The lowest BCUT2D eigenvalue weighted by molar-refractivity contribution is -0.140. The lowest BCUT2D eigenvalue weighted by Gasteiger charge is -2.33. The molecule has 42 heavy (non-hydrogen) atoms. The molecular weight excluding hydrogens is 581 g/mol. The van der Waals surface area contributed by atoms with Crippen molar-refractivity contribution < 1.29 is 27.1 Å². The highest BCUT2D eigenvalue weighted by atomic mass is 35.5. The SMILES string of the molecule is CC[C@H](C(=O)NCC(C)C)N(Cc1ccc(F)cc1)C(=O)CN(c1ccc(OC)c(Cl)c1)S(=O)(=O)c1ccc(C)cc1. The van der Waals surface area contributed by atoms with E-state index in [0.717, 1.165) is 9.87 Å². The van der Waals surface area contributed by atoms with E-state index in [0.29, 0.717) is 17.9 Å². The lowest BCUT2D eigenvalue weighted by atomic mass is 10.1. The molecule has 11 heteroatoms. The molecule has 0 heterocycles. The fourth-order valence-electron chi connectivity index (χ4n) is 4.31. The van der Waals surface area contributed by atoms with E-state index in [1.807, 2.05) is 20.8 Å². The molecule has 1 atom stereocenters. The predicted molar refractivity (Wildman–Crippen MR) is 163 cm³/mol. The smallest absolute Gasteiger partial charge is 0.264 e. The number of hydrogen-bond acceptors (Lipinski definition) is 5. The third kappa shape index (κ3) is 8.23. The molecule has 0 aliphatic carbocycles. The van der Waals surface area contributed by atoms with Crippen molar-refractivity contribution in [3.05, 3.63) is 88.7 Å². The number of aryl methyl sites for hydroxylation is 1. The van der Waals surface area contributed by atoms with Crippen molar-refractivity contribution in [3.8, 4) is 5.75 Å². The predicted octanol–water partition coefficient (Wildman–Crippen LogP) is 5.57. The summed E-state index contributed by atoms with van der Waals surface area (Å²) in [6.07, 6.45) is 0.274. The number of sulfonamides is 1. The summed E-state index contributed by atoms with van der Waals surface area (Å²) in [5, 5.41) is 3.04. The molecular formula is C31H37ClFN3O5S. The highest BCUT2D eigenvalue weighted by molar-refractivity contribution is 7.92. The molecule has 0 bridgehead atoms. The van der Waals surface area contributed by atoms with Crippen molar-refractivity contribution >= 4 is 39.1 Å². The van der Waals surface area contributed by atoms with E-state index in [1.165, 1.54) is 66.6 Å². The second kappa shape index (κ2) is 14.5. The molecule has 0 fully saturated rings. The van der Waals surface area contributed by atoms with Crippen LogP contribution in [0.1, 0.15) is 38.3 Å². The lowest BCUT2D eigenvalue weighted by Crippen LogP contribution is -2.52. The maximum Gasteiger partial charge on any atom is 0.264 e. The summed E-state index contributed by atoms with van der Waals surface area (Å²) in [5.41, 5.74) is 1.60. The average Bonchev–Trinajstić information content (AvgIpc) is 2.95. The van der Waals surface area contributed by atoms with Crippen molar-refractivity contribution in [1.82, 2.24) is 10.2 Å². The number of carbonyl (C=O) groups excluding carboxylic acids is 2. The van der Waals surface area contributed by atoms with Crippen LogP contribution < -0.4 is 14.4 Å².